The van der Waals surface area contributed by atoms with Gasteiger partial charge >= 0.3 is 0 Å². The molecular formula is C21H40IN5O. The molecule has 1 atom stereocenters. The van der Waals surface area contributed by atoms with Gasteiger partial charge in [-0.25, -0.2) is 0 Å². The Balaban J connectivity index is 0.00000392. The number of aliphatic imine (C=N–C) groups is 1. The largest absolute Gasteiger partial charge is 0.357 e. The van der Waals surface area contributed by atoms with Crippen molar-refractivity contribution in [2.45, 2.75) is 64.3 Å². The van der Waals surface area contributed by atoms with Crippen LogP contribution in [0.3, 0.4) is 0 Å². The molecule has 0 bridgehead atoms. The smallest absolute Gasteiger partial charge is 0.239 e. The Morgan fingerprint density at radius 2 is 2.11 bits per heavy atom. The van der Waals surface area contributed by atoms with Crippen LogP contribution in [-0.4, -0.2) is 74.5 Å². The lowest BCUT2D eigenvalue weighted by Crippen LogP contribution is -2.43. The molecule has 2 rings (SSSR count). The summed E-state index contributed by atoms with van der Waals surface area (Å²) in [6, 6.07) is 0.0686. The van der Waals surface area contributed by atoms with Crippen molar-refractivity contribution in [3.05, 3.63) is 11.6 Å². The number of carbonyl (C=O) groups excluding carboxylic acids is 1. The van der Waals surface area contributed by atoms with E-state index in [0.717, 1.165) is 64.4 Å². The second-order valence-electron chi connectivity index (χ2n) is 7.83. The molecule has 2 aliphatic rings. The van der Waals surface area contributed by atoms with Crippen LogP contribution in [0.15, 0.2) is 16.6 Å². The minimum atomic E-state index is 0. The van der Waals surface area contributed by atoms with E-state index < -0.39 is 0 Å². The van der Waals surface area contributed by atoms with Crippen molar-refractivity contribution in [1.29, 1.82) is 0 Å². The highest BCUT2D eigenvalue weighted by atomic mass is 127. The minimum absolute atomic E-state index is 0. The number of hydrogen-bond acceptors (Lipinski definition) is 3. The molecular weight excluding hydrogens is 465 g/mol. The van der Waals surface area contributed by atoms with Gasteiger partial charge in [-0.1, -0.05) is 11.6 Å². The summed E-state index contributed by atoms with van der Waals surface area (Å²) in [6.07, 6.45) is 11.8. The molecule has 6 nitrogen and oxygen atoms in total. The lowest BCUT2D eigenvalue weighted by Gasteiger charge is -2.25. The molecule has 0 aromatic rings. The van der Waals surface area contributed by atoms with E-state index in [-0.39, 0.29) is 35.9 Å². The van der Waals surface area contributed by atoms with Gasteiger partial charge in [-0.2, -0.15) is 0 Å². The zero-order valence-corrected chi connectivity index (χ0v) is 20.3. The first kappa shape index (κ1) is 25.2. The SMILES string of the molecule is CCNC(=NCCCN1CCCC1C(=O)N(C)C)NCCC1=CCCCC1.I. The number of likely N-dealkylation sites (N-methyl/N-ethyl adjacent to an activating group) is 1. The quantitative estimate of drug-likeness (QED) is 0.166. The Bertz CT molecular complexity index is 521. The van der Waals surface area contributed by atoms with Crippen molar-refractivity contribution in [3.63, 3.8) is 0 Å². The Kier molecular flexibility index (Phi) is 12.8. The summed E-state index contributed by atoms with van der Waals surface area (Å²) in [5.74, 6) is 1.15. The molecule has 1 saturated heterocycles. The molecule has 0 spiro atoms. The van der Waals surface area contributed by atoms with Crippen LogP contribution >= 0.6 is 24.0 Å². The van der Waals surface area contributed by atoms with Crippen LogP contribution in [0.5, 0.6) is 0 Å². The maximum Gasteiger partial charge on any atom is 0.239 e. The van der Waals surface area contributed by atoms with Crippen LogP contribution < -0.4 is 10.6 Å². The molecule has 1 aliphatic carbocycles. The second-order valence-corrected chi connectivity index (χ2v) is 7.83. The number of amides is 1. The summed E-state index contributed by atoms with van der Waals surface area (Å²) >= 11 is 0. The summed E-state index contributed by atoms with van der Waals surface area (Å²) in [5.41, 5.74) is 1.59. The molecule has 1 amide bonds. The van der Waals surface area contributed by atoms with E-state index >= 15 is 0 Å². The maximum absolute atomic E-state index is 12.3. The molecule has 0 aromatic heterocycles. The number of halogens is 1. The number of hydrogen-bond donors (Lipinski definition) is 2. The van der Waals surface area contributed by atoms with Gasteiger partial charge in [0.1, 0.15) is 0 Å². The van der Waals surface area contributed by atoms with Crippen molar-refractivity contribution in [1.82, 2.24) is 20.4 Å². The van der Waals surface area contributed by atoms with Gasteiger partial charge in [-0.15, -0.1) is 24.0 Å². The molecule has 2 N–H and O–H groups in total. The van der Waals surface area contributed by atoms with Crippen LogP contribution in [0.25, 0.3) is 0 Å². The number of guanidine groups is 1. The number of rotatable bonds is 9. The Labute approximate surface area is 188 Å². The predicted molar refractivity (Wildman–Crippen MR) is 128 cm³/mol. The van der Waals surface area contributed by atoms with Crippen molar-refractivity contribution in [3.8, 4) is 0 Å². The van der Waals surface area contributed by atoms with E-state index in [1.807, 2.05) is 14.1 Å². The van der Waals surface area contributed by atoms with Crippen LogP contribution in [0, 0.1) is 0 Å². The van der Waals surface area contributed by atoms with Crippen molar-refractivity contribution < 1.29 is 4.79 Å². The first-order valence-electron chi connectivity index (χ1n) is 10.8. The van der Waals surface area contributed by atoms with Gasteiger partial charge in [-0.3, -0.25) is 14.7 Å². The molecule has 0 aromatic carbocycles. The summed E-state index contributed by atoms with van der Waals surface area (Å²) in [5, 5.41) is 6.80. The Hall–Kier alpha value is -0.830. The summed E-state index contributed by atoms with van der Waals surface area (Å²) < 4.78 is 0. The van der Waals surface area contributed by atoms with E-state index in [1.54, 1.807) is 10.5 Å². The van der Waals surface area contributed by atoms with Crippen LogP contribution in [-0.2, 0) is 4.79 Å². The molecule has 1 heterocycles. The molecule has 1 aliphatic heterocycles. The number of allylic oxidation sites excluding steroid dienone is 1. The number of nitrogens with one attached hydrogen (secondary N) is 2. The molecule has 0 saturated carbocycles. The van der Waals surface area contributed by atoms with E-state index in [0.29, 0.717) is 0 Å². The topological polar surface area (TPSA) is 60.0 Å². The van der Waals surface area contributed by atoms with Crippen molar-refractivity contribution in [2.24, 2.45) is 4.99 Å². The molecule has 28 heavy (non-hydrogen) atoms. The highest BCUT2D eigenvalue weighted by Gasteiger charge is 2.30. The van der Waals surface area contributed by atoms with Gasteiger partial charge in [0.15, 0.2) is 5.96 Å². The summed E-state index contributed by atoms with van der Waals surface area (Å²) in [6.45, 7) is 6.69. The zero-order chi connectivity index (χ0) is 19.5. The highest BCUT2D eigenvalue weighted by Crippen LogP contribution is 2.20. The molecule has 162 valence electrons. The van der Waals surface area contributed by atoms with E-state index in [2.05, 4.69) is 28.5 Å². The van der Waals surface area contributed by atoms with Gasteiger partial charge in [0, 0.05) is 40.3 Å². The normalized spacial score (nSPS) is 20.3. The molecule has 0 radical (unpaired) electrons. The maximum atomic E-state index is 12.3. The van der Waals surface area contributed by atoms with Crippen molar-refractivity contribution in [2.75, 3.05) is 46.8 Å². The third-order valence-electron chi connectivity index (χ3n) is 5.43. The van der Waals surface area contributed by atoms with Gasteiger partial charge in [0.05, 0.1) is 6.04 Å². The third-order valence-corrected chi connectivity index (χ3v) is 5.43. The lowest BCUT2D eigenvalue weighted by molar-refractivity contribution is -0.133. The minimum Gasteiger partial charge on any atom is -0.357 e. The van der Waals surface area contributed by atoms with Crippen molar-refractivity contribution >= 4 is 35.8 Å². The fraction of sp³-hybridized carbons (Fsp3) is 0.810. The van der Waals surface area contributed by atoms with Crippen LogP contribution in [0.4, 0.5) is 0 Å². The zero-order valence-electron chi connectivity index (χ0n) is 18.0. The average molecular weight is 505 g/mol. The van der Waals surface area contributed by atoms with E-state index in [9.17, 15) is 4.79 Å². The van der Waals surface area contributed by atoms with Gasteiger partial charge in [-0.05, 0) is 64.8 Å². The fourth-order valence-electron chi connectivity index (χ4n) is 3.95. The lowest BCUT2D eigenvalue weighted by atomic mass is 9.97. The fourth-order valence-corrected chi connectivity index (χ4v) is 3.95. The first-order chi connectivity index (χ1) is 13.1. The Morgan fingerprint density at radius 1 is 1.29 bits per heavy atom. The van der Waals surface area contributed by atoms with Crippen LogP contribution in [0.1, 0.15) is 58.3 Å². The molecule has 1 unspecified atom stereocenters. The second kappa shape index (κ2) is 14.2. The van der Waals surface area contributed by atoms with Gasteiger partial charge in [0.25, 0.3) is 0 Å². The number of nitrogens with zero attached hydrogens (tertiary/aromatic N) is 3. The Morgan fingerprint density at radius 3 is 2.79 bits per heavy atom. The van der Waals surface area contributed by atoms with Gasteiger partial charge < -0.3 is 15.5 Å². The predicted octanol–water partition coefficient (Wildman–Crippen LogP) is 2.99. The van der Waals surface area contributed by atoms with Crippen LogP contribution in [0.2, 0.25) is 0 Å². The standard InChI is InChI=1S/C21H39N5O.HI/c1-4-22-21(24-15-13-18-10-6-5-7-11-18)23-14-9-17-26-16-8-12-19(26)20(27)25(2)3;/h10,19H,4-9,11-17H2,1-3H3,(H2,22,23,24);1H. The third kappa shape index (κ3) is 8.68. The highest BCUT2D eigenvalue weighted by molar-refractivity contribution is 14.0. The number of carbonyl (C=O) groups is 1. The first-order valence-corrected chi connectivity index (χ1v) is 10.8. The average Bonchev–Trinajstić information content (AvgIpc) is 3.13. The molecule has 7 heteroatoms. The molecule has 1 fully saturated rings. The van der Waals surface area contributed by atoms with E-state index in [4.69, 9.17) is 4.99 Å². The van der Waals surface area contributed by atoms with E-state index in [1.165, 1.54) is 25.7 Å². The number of likely N-dealkylation sites (tertiary alicyclic amines) is 1. The summed E-state index contributed by atoms with van der Waals surface area (Å²) in [4.78, 5) is 21.0. The monoisotopic (exact) mass is 505 g/mol. The van der Waals surface area contributed by atoms with Gasteiger partial charge in [0.2, 0.25) is 5.91 Å². The summed E-state index contributed by atoms with van der Waals surface area (Å²) in [7, 11) is 3.70.